The van der Waals surface area contributed by atoms with E-state index in [0.717, 1.165) is 0 Å². The molecule has 7 nitrogen and oxygen atoms in total. The molecule has 0 amide bonds. The number of imidazole rings is 1. The van der Waals surface area contributed by atoms with Crippen molar-refractivity contribution in [1.29, 1.82) is 0 Å². The van der Waals surface area contributed by atoms with Crippen LogP contribution >= 0.6 is 0 Å². The second-order valence-electron chi connectivity index (χ2n) is 4.06. The molecule has 0 fully saturated rings. The van der Waals surface area contributed by atoms with E-state index in [4.69, 9.17) is 5.11 Å². The molecule has 7 heteroatoms. The maximum absolute atomic E-state index is 11.8. The lowest BCUT2D eigenvalue weighted by atomic mass is 10.2. The van der Waals surface area contributed by atoms with Crippen LogP contribution in [0.4, 0.5) is 0 Å². The third-order valence-electron chi connectivity index (χ3n) is 2.95. The molecule has 1 N–H and O–H groups in total. The number of nitrogens with zero attached hydrogens (tertiary/aromatic N) is 3. The van der Waals surface area contributed by atoms with E-state index in [1.807, 2.05) is 0 Å². The lowest BCUT2D eigenvalue weighted by molar-refractivity contribution is 0.0596. The number of carboxylic acids is 1. The fraction of sp³-hybridized carbons (Fsp3) is 0.0769. The first-order chi connectivity index (χ1) is 9.63. The molecule has 0 radical (unpaired) electrons. The van der Waals surface area contributed by atoms with Crippen molar-refractivity contribution in [2.75, 3.05) is 7.11 Å². The van der Waals surface area contributed by atoms with Gasteiger partial charge in [-0.15, -0.1) is 0 Å². The Morgan fingerprint density at radius 1 is 1.25 bits per heavy atom. The first kappa shape index (κ1) is 12.1. The Balaban J connectivity index is 2.52. The van der Waals surface area contributed by atoms with Gasteiger partial charge in [0.25, 0.3) is 0 Å². The summed E-state index contributed by atoms with van der Waals surface area (Å²) in [6.45, 7) is 0. The number of esters is 1. The maximum atomic E-state index is 11.8. The van der Waals surface area contributed by atoms with E-state index in [9.17, 15) is 9.59 Å². The molecule has 2 aromatic heterocycles. The highest BCUT2D eigenvalue weighted by atomic mass is 16.5. The number of methoxy groups -OCH3 is 1. The number of carbonyl (C=O) groups is 2. The monoisotopic (exact) mass is 271 g/mol. The van der Waals surface area contributed by atoms with Crippen molar-refractivity contribution in [2.24, 2.45) is 0 Å². The smallest absolute Gasteiger partial charge is 0.358 e. The summed E-state index contributed by atoms with van der Waals surface area (Å²) in [4.78, 5) is 31.1. The van der Waals surface area contributed by atoms with Gasteiger partial charge < -0.3 is 9.84 Å². The Morgan fingerprint density at radius 3 is 2.70 bits per heavy atom. The standard InChI is InChI=1S/C13H9N3O4/c1-20-13(19)10-11-9(12(17)18)14-6-16(11)8-5-3-2-4-7(8)15-10/h2-6H,1H3,(H,17,18). The van der Waals surface area contributed by atoms with Crippen molar-refractivity contribution in [3.05, 3.63) is 42.0 Å². The van der Waals surface area contributed by atoms with Gasteiger partial charge in [0, 0.05) is 0 Å². The first-order valence-electron chi connectivity index (χ1n) is 5.71. The summed E-state index contributed by atoms with van der Waals surface area (Å²) in [5.41, 5.74) is 1.04. The van der Waals surface area contributed by atoms with E-state index >= 15 is 0 Å². The van der Waals surface area contributed by atoms with Gasteiger partial charge >= 0.3 is 11.9 Å². The van der Waals surface area contributed by atoms with Gasteiger partial charge in [-0.25, -0.2) is 19.6 Å². The number of fused-ring (bicyclic) bond motifs is 3. The minimum atomic E-state index is -1.23. The van der Waals surface area contributed by atoms with Gasteiger partial charge in [0.15, 0.2) is 11.4 Å². The Kier molecular flexibility index (Phi) is 2.60. The number of aromatic nitrogens is 3. The average Bonchev–Trinajstić information content (AvgIpc) is 2.91. The third-order valence-corrected chi connectivity index (χ3v) is 2.95. The quantitative estimate of drug-likeness (QED) is 0.707. The van der Waals surface area contributed by atoms with Crippen LogP contribution in [0.2, 0.25) is 0 Å². The minimum Gasteiger partial charge on any atom is -0.476 e. The van der Waals surface area contributed by atoms with E-state index in [1.165, 1.54) is 17.8 Å². The highest BCUT2D eigenvalue weighted by Crippen LogP contribution is 2.21. The molecule has 0 spiro atoms. The normalized spacial score (nSPS) is 10.8. The van der Waals surface area contributed by atoms with Gasteiger partial charge in [-0.3, -0.25) is 4.40 Å². The number of hydrogen-bond donors (Lipinski definition) is 1. The molecule has 20 heavy (non-hydrogen) atoms. The zero-order valence-electron chi connectivity index (χ0n) is 10.4. The second-order valence-corrected chi connectivity index (χ2v) is 4.06. The number of hydrogen-bond acceptors (Lipinski definition) is 5. The summed E-state index contributed by atoms with van der Waals surface area (Å²) in [7, 11) is 1.21. The van der Waals surface area contributed by atoms with Gasteiger partial charge in [-0.2, -0.15) is 0 Å². The first-order valence-corrected chi connectivity index (χ1v) is 5.71. The number of benzene rings is 1. The predicted octanol–water partition coefficient (Wildman–Crippen LogP) is 1.37. The van der Waals surface area contributed by atoms with Gasteiger partial charge in [-0.1, -0.05) is 12.1 Å². The van der Waals surface area contributed by atoms with Crippen LogP contribution in [0.25, 0.3) is 16.6 Å². The summed E-state index contributed by atoms with van der Waals surface area (Å²) in [5.74, 6) is -1.93. The van der Waals surface area contributed by atoms with E-state index in [0.29, 0.717) is 11.0 Å². The van der Waals surface area contributed by atoms with E-state index in [-0.39, 0.29) is 16.9 Å². The van der Waals surface area contributed by atoms with Gasteiger partial charge in [0.2, 0.25) is 0 Å². The summed E-state index contributed by atoms with van der Waals surface area (Å²) < 4.78 is 6.19. The molecule has 2 heterocycles. The number of carbonyl (C=O) groups excluding carboxylic acids is 1. The summed E-state index contributed by atoms with van der Waals surface area (Å²) >= 11 is 0. The minimum absolute atomic E-state index is 0.0684. The molecular weight excluding hydrogens is 262 g/mol. The fourth-order valence-electron chi connectivity index (χ4n) is 2.09. The van der Waals surface area contributed by atoms with Crippen LogP contribution in [0, 0.1) is 0 Å². The Bertz CT molecular complexity index is 853. The van der Waals surface area contributed by atoms with Crippen molar-refractivity contribution >= 4 is 28.5 Å². The molecule has 0 atom stereocenters. The van der Waals surface area contributed by atoms with Crippen LogP contribution in [-0.2, 0) is 4.74 Å². The zero-order valence-corrected chi connectivity index (χ0v) is 10.4. The fourth-order valence-corrected chi connectivity index (χ4v) is 2.09. The number of ether oxygens (including phenoxy) is 1. The summed E-state index contributed by atoms with van der Waals surface area (Å²) in [5, 5.41) is 9.17. The highest BCUT2D eigenvalue weighted by Gasteiger charge is 2.23. The van der Waals surface area contributed by atoms with Crippen LogP contribution in [0.3, 0.4) is 0 Å². The second kappa shape index (κ2) is 4.30. The van der Waals surface area contributed by atoms with E-state index < -0.39 is 11.9 Å². The van der Waals surface area contributed by atoms with Crippen LogP contribution in [-0.4, -0.2) is 38.5 Å². The van der Waals surface area contributed by atoms with Gasteiger partial charge in [-0.05, 0) is 12.1 Å². The largest absolute Gasteiger partial charge is 0.476 e. The van der Waals surface area contributed by atoms with Crippen LogP contribution in [0.1, 0.15) is 21.0 Å². The zero-order chi connectivity index (χ0) is 14.3. The summed E-state index contributed by atoms with van der Waals surface area (Å²) in [6.07, 6.45) is 1.36. The van der Waals surface area contributed by atoms with Crippen LogP contribution < -0.4 is 0 Å². The molecule has 0 saturated heterocycles. The molecular formula is C13H9N3O4. The lowest BCUT2D eigenvalue weighted by Crippen LogP contribution is -2.10. The molecule has 3 aromatic rings. The van der Waals surface area contributed by atoms with E-state index in [2.05, 4.69) is 14.7 Å². The number of rotatable bonds is 2. The van der Waals surface area contributed by atoms with Crippen molar-refractivity contribution in [3.63, 3.8) is 0 Å². The average molecular weight is 271 g/mol. The topological polar surface area (TPSA) is 93.8 Å². The SMILES string of the molecule is COC(=O)c1nc2ccccc2n2cnc(C(=O)O)c12. The Morgan fingerprint density at radius 2 is 2.00 bits per heavy atom. The third kappa shape index (κ3) is 1.60. The lowest BCUT2D eigenvalue weighted by Gasteiger charge is -2.06. The molecule has 0 aliphatic carbocycles. The van der Waals surface area contributed by atoms with Crippen molar-refractivity contribution in [2.45, 2.75) is 0 Å². The van der Waals surface area contributed by atoms with Gasteiger partial charge in [0.05, 0.1) is 18.1 Å². The summed E-state index contributed by atoms with van der Waals surface area (Å²) in [6, 6.07) is 7.06. The van der Waals surface area contributed by atoms with Crippen LogP contribution in [0.5, 0.6) is 0 Å². The van der Waals surface area contributed by atoms with Crippen molar-refractivity contribution in [3.8, 4) is 0 Å². The number of carboxylic acid groups (broad SMARTS) is 1. The molecule has 3 rings (SSSR count). The predicted molar refractivity (Wildman–Crippen MR) is 68.8 cm³/mol. The number of para-hydroxylation sites is 2. The molecule has 0 saturated carbocycles. The molecule has 0 aliphatic heterocycles. The molecule has 1 aromatic carbocycles. The molecule has 0 unspecified atom stereocenters. The van der Waals surface area contributed by atoms with Crippen LogP contribution in [0.15, 0.2) is 30.6 Å². The number of aromatic carboxylic acids is 1. The van der Waals surface area contributed by atoms with E-state index in [1.54, 1.807) is 24.3 Å². The molecule has 0 bridgehead atoms. The molecule has 100 valence electrons. The van der Waals surface area contributed by atoms with Crippen molar-refractivity contribution < 1.29 is 19.4 Å². The Labute approximate surface area is 112 Å². The van der Waals surface area contributed by atoms with Crippen molar-refractivity contribution in [1.82, 2.24) is 14.4 Å². The van der Waals surface area contributed by atoms with Gasteiger partial charge in [0.1, 0.15) is 11.8 Å². The highest BCUT2D eigenvalue weighted by molar-refractivity contribution is 6.05. The molecule has 0 aliphatic rings. The Hall–Kier alpha value is -2.96. The maximum Gasteiger partial charge on any atom is 0.358 e.